The topological polar surface area (TPSA) is 240 Å². The van der Waals surface area contributed by atoms with Crippen molar-refractivity contribution in [2.75, 3.05) is 55.1 Å². The average molecular weight is 885 g/mol. The molecule has 1 aromatic carbocycles. The Bertz CT molecular complexity index is 1620. The molecule has 2 rings (SSSR count). The first-order valence-corrected chi connectivity index (χ1v) is 22.6. The molecule has 10 atom stereocenters. The highest BCUT2D eigenvalue weighted by Gasteiger charge is 2.43. The number of likely N-dealkylation sites (N-methyl/N-ethyl adjacent to an activating group) is 2. The van der Waals surface area contributed by atoms with Crippen LogP contribution in [0.5, 0.6) is 5.75 Å². The molecule has 0 bridgehead atoms. The van der Waals surface area contributed by atoms with E-state index in [1.165, 1.54) is 26.4 Å². The minimum Gasteiger partial charge on any atom is -0.395 e. The smallest absolute Gasteiger partial charge is 0.395 e. The molecule has 0 radical (unpaired) electrons. The second-order valence-corrected chi connectivity index (χ2v) is 18.2. The van der Waals surface area contributed by atoms with Crippen molar-refractivity contribution in [1.29, 1.82) is 0 Å². The predicted octanol–water partition coefficient (Wildman–Crippen LogP) is 2.33. The van der Waals surface area contributed by atoms with E-state index in [2.05, 4.69) is 15.2 Å². The van der Waals surface area contributed by atoms with Crippen molar-refractivity contribution < 1.29 is 57.1 Å². The number of hydrogen-bond donors (Lipinski definition) is 5. The lowest BCUT2D eigenvalue weighted by Gasteiger charge is -2.41. The molecule has 348 valence electrons. The summed E-state index contributed by atoms with van der Waals surface area (Å²) in [6.07, 6.45) is 1.20. The number of carbonyl (C=O) groups is 5. The third-order valence-electron chi connectivity index (χ3n) is 11.5. The van der Waals surface area contributed by atoms with Crippen LogP contribution in [0.1, 0.15) is 79.7 Å². The van der Waals surface area contributed by atoms with Crippen LogP contribution in [0, 0.1) is 23.7 Å². The molecular formula is C42H73N6O12P. The number of rotatable bonds is 25. The van der Waals surface area contributed by atoms with Crippen LogP contribution in [-0.2, 0) is 49.0 Å². The highest BCUT2D eigenvalue weighted by molar-refractivity contribution is 7.48. The summed E-state index contributed by atoms with van der Waals surface area (Å²) in [4.78, 5) is 82.1. The first-order valence-electron chi connectivity index (χ1n) is 21.1. The first-order chi connectivity index (χ1) is 28.5. The van der Waals surface area contributed by atoms with Gasteiger partial charge in [0.15, 0.2) is 0 Å². The van der Waals surface area contributed by atoms with Gasteiger partial charge in [0.2, 0.25) is 23.6 Å². The molecule has 61 heavy (non-hydrogen) atoms. The standard InChI is InChI=1S/C42H73N6O12P/c1-13-27(6)37(47(10)41(53)35(25(2)3)45-40(52)36(26(4)5)46(8)9)33(57-11)23-34(50)48-22-14-15-32(48)38(58-12)28(7)39(51)44-21-20-29-16-18-30(19-17-29)59-61(55,56)60-42(54)31(43)24-49/h16-19,25-28,31-33,35-38,49H,13-15,20-24,43H2,1-12H3,(H,44,51)(H,45,52)(H,55,56)/t27-,28+,31-,32-,33+,35-,36-,37-,38+/m0/s1. The number of aliphatic hydroxyl groups excluding tert-OH is 1. The molecule has 6 N–H and O–H groups in total. The van der Waals surface area contributed by atoms with Crippen molar-refractivity contribution in [3.05, 3.63) is 29.8 Å². The second-order valence-electron chi connectivity index (χ2n) is 16.9. The molecule has 1 aliphatic rings. The number of hydrogen-bond acceptors (Lipinski definition) is 13. The number of nitrogens with one attached hydrogen (secondary N) is 2. The van der Waals surface area contributed by atoms with Gasteiger partial charge in [-0.25, -0.2) is 9.36 Å². The Kier molecular flexibility index (Phi) is 21.8. The minimum absolute atomic E-state index is 0.00584. The van der Waals surface area contributed by atoms with E-state index < -0.39 is 62.7 Å². The fourth-order valence-corrected chi connectivity index (χ4v) is 8.82. The van der Waals surface area contributed by atoms with Gasteiger partial charge in [0.05, 0.1) is 49.3 Å². The minimum atomic E-state index is -4.84. The Labute approximate surface area is 362 Å². The molecule has 1 aromatic rings. The van der Waals surface area contributed by atoms with Crippen LogP contribution in [0.25, 0.3) is 0 Å². The van der Waals surface area contributed by atoms with Gasteiger partial charge >= 0.3 is 13.8 Å². The van der Waals surface area contributed by atoms with Crippen LogP contribution >= 0.6 is 7.82 Å². The molecule has 0 spiro atoms. The number of phosphoric acid groups is 1. The number of nitrogens with two attached hydrogens (primary N) is 1. The number of likely N-dealkylation sites (tertiary alicyclic amines) is 1. The van der Waals surface area contributed by atoms with Gasteiger partial charge in [-0.3, -0.25) is 29.0 Å². The molecule has 1 fully saturated rings. The summed E-state index contributed by atoms with van der Waals surface area (Å²) in [6.45, 7) is 13.5. The number of phosphoric ester groups is 1. The van der Waals surface area contributed by atoms with Crippen LogP contribution in [0.15, 0.2) is 24.3 Å². The summed E-state index contributed by atoms with van der Waals surface area (Å²) < 4.78 is 33.4. The first kappa shape index (κ1) is 53.5. The average Bonchev–Trinajstić information content (AvgIpc) is 3.68. The molecule has 1 heterocycles. The number of aliphatic hydroxyl groups is 1. The third-order valence-corrected chi connectivity index (χ3v) is 12.4. The summed E-state index contributed by atoms with van der Waals surface area (Å²) in [5.41, 5.74) is 6.08. The van der Waals surface area contributed by atoms with Gasteiger partial charge < -0.3 is 49.8 Å². The maximum absolute atomic E-state index is 14.2. The van der Waals surface area contributed by atoms with E-state index >= 15 is 0 Å². The number of ether oxygens (including phenoxy) is 2. The predicted molar refractivity (Wildman–Crippen MR) is 230 cm³/mol. The zero-order chi connectivity index (χ0) is 46.4. The monoisotopic (exact) mass is 885 g/mol. The third kappa shape index (κ3) is 15.3. The summed E-state index contributed by atoms with van der Waals surface area (Å²) in [7, 11) is 3.61. The highest BCUT2D eigenvalue weighted by Crippen LogP contribution is 2.44. The Morgan fingerprint density at radius 1 is 0.967 bits per heavy atom. The number of nitrogens with zero attached hydrogens (tertiary/aromatic N) is 3. The fourth-order valence-electron chi connectivity index (χ4n) is 8.03. The number of methoxy groups -OCH3 is 2. The van der Waals surface area contributed by atoms with E-state index in [0.29, 0.717) is 25.8 Å². The molecule has 1 aliphatic heterocycles. The van der Waals surface area contributed by atoms with Crippen molar-refractivity contribution in [2.24, 2.45) is 29.4 Å². The highest BCUT2D eigenvalue weighted by atomic mass is 31.2. The van der Waals surface area contributed by atoms with Gasteiger partial charge in [0.25, 0.3) is 0 Å². The normalized spacial score (nSPS) is 19.2. The van der Waals surface area contributed by atoms with Gasteiger partial charge in [0.1, 0.15) is 17.8 Å². The van der Waals surface area contributed by atoms with Gasteiger partial charge in [-0.1, -0.05) is 67.0 Å². The van der Waals surface area contributed by atoms with Gasteiger partial charge in [-0.15, -0.1) is 0 Å². The molecule has 1 unspecified atom stereocenters. The number of benzene rings is 1. The summed E-state index contributed by atoms with van der Waals surface area (Å²) in [5.74, 6) is -3.11. The molecule has 0 aliphatic carbocycles. The quantitative estimate of drug-likeness (QED) is 0.0887. The maximum Gasteiger partial charge on any atom is 0.587 e. The number of amides is 4. The number of carbonyl (C=O) groups excluding carboxylic acids is 5. The van der Waals surface area contributed by atoms with E-state index in [4.69, 9.17) is 24.8 Å². The zero-order valence-corrected chi connectivity index (χ0v) is 39.1. The molecule has 4 amide bonds. The molecule has 1 saturated heterocycles. The lowest BCUT2D eigenvalue weighted by atomic mass is 9.89. The molecule has 0 aromatic heterocycles. The Morgan fingerprint density at radius 2 is 1.59 bits per heavy atom. The molecular weight excluding hydrogens is 811 g/mol. The molecule has 19 heteroatoms. The van der Waals surface area contributed by atoms with Crippen LogP contribution in [0.3, 0.4) is 0 Å². The second kappa shape index (κ2) is 24.9. The van der Waals surface area contributed by atoms with Crippen LogP contribution in [-0.4, -0.2) is 152 Å². The fraction of sp³-hybridized carbons (Fsp3) is 0.738. The van der Waals surface area contributed by atoms with Crippen molar-refractivity contribution in [2.45, 2.75) is 123 Å². The lowest BCUT2D eigenvalue weighted by Crippen LogP contribution is -2.59. The van der Waals surface area contributed by atoms with E-state index in [9.17, 15) is 33.4 Å². The Hall–Kier alpha value is -3.64. The van der Waals surface area contributed by atoms with Gasteiger partial charge in [-0.2, -0.15) is 0 Å². The van der Waals surface area contributed by atoms with E-state index in [0.717, 1.165) is 12.0 Å². The molecule has 18 nitrogen and oxygen atoms in total. The van der Waals surface area contributed by atoms with E-state index in [1.54, 1.807) is 35.9 Å². The summed E-state index contributed by atoms with van der Waals surface area (Å²) in [6, 6.07) is 2.49. The largest absolute Gasteiger partial charge is 0.587 e. The van der Waals surface area contributed by atoms with E-state index in [-0.39, 0.29) is 66.1 Å². The van der Waals surface area contributed by atoms with Crippen molar-refractivity contribution >= 4 is 37.4 Å². The van der Waals surface area contributed by atoms with Crippen LogP contribution < -0.4 is 20.9 Å². The van der Waals surface area contributed by atoms with Crippen LogP contribution in [0.4, 0.5) is 0 Å². The lowest BCUT2D eigenvalue weighted by molar-refractivity contribution is -0.148. The van der Waals surface area contributed by atoms with Crippen molar-refractivity contribution in [3.63, 3.8) is 0 Å². The Balaban J connectivity index is 2.13. The van der Waals surface area contributed by atoms with Crippen LogP contribution in [0.2, 0.25) is 0 Å². The maximum atomic E-state index is 14.2. The zero-order valence-electron chi connectivity index (χ0n) is 38.2. The van der Waals surface area contributed by atoms with Crippen molar-refractivity contribution in [3.8, 4) is 5.75 Å². The summed E-state index contributed by atoms with van der Waals surface area (Å²) >= 11 is 0. The van der Waals surface area contributed by atoms with Gasteiger partial charge in [0, 0.05) is 34.4 Å². The Morgan fingerprint density at radius 3 is 2.10 bits per heavy atom. The SMILES string of the molecule is CC[C@H](C)[C@@H]([C@@H](CC(=O)N1CCC[C@H]1[C@H](OC)[C@@H](C)C(=O)NCCc1ccc(OP(=O)(O)OC(=O)[C@@H](N)CO)cc1)OC)N(C)C(=O)[C@@H](NC(=O)[C@H](C(C)C)N(C)C)C(C)C. The molecule has 0 saturated carbocycles. The van der Waals surface area contributed by atoms with Crippen molar-refractivity contribution in [1.82, 2.24) is 25.3 Å². The van der Waals surface area contributed by atoms with E-state index in [1.807, 2.05) is 60.5 Å². The van der Waals surface area contributed by atoms with Gasteiger partial charge in [-0.05, 0) is 68.8 Å². The summed E-state index contributed by atoms with van der Waals surface area (Å²) in [5, 5.41) is 14.9.